The first-order valence-electron chi connectivity index (χ1n) is 6.41. The number of likely N-dealkylation sites (tertiary alicyclic amines) is 1. The normalized spacial score (nSPS) is 21.8. The van der Waals surface area contributed by atoms with Crippen molar-refractivity contribution in [3.8, 4) is 0 Å². The van der Waals surface area contributed by atoms with Crippen LogP contribution in [0.5, 0.6) is 0 Å². The largest absolute Gasteiger partial charge is 0.324 e. The first-order valence-corrected chi connectivity index (χ1v) is 6.41. The average molecular weight is 254 g/mol. The Labute approximate surface area is 107 Å². The molecule has 1 aromatic carbocycles. The highest BCUT2D eigenvalue weighted by molar-refractivity contribution is 5.24. The molecule has 0 aliphatic carbocycles. The fourth-order valence-electron chi connectivity index (χ4n) is 2.22. The lowest BCUT2D eigenvalue weighted by molar-refractivity contribution is -0.0566. The molecule has 2 nitrogen and oxygen atoms in total. The molecule has 2 rings (SSSR count). The number of hydrogen-bond acceptors (Lipinski definition) is 2. The zero-order chi connectivity index (χ0) is 13.2. The zero-order valence-electron chi connectivity index (χ0n) is 10.7. The van der Waals surface area contributed by atoms with Gasteiger partial charge in [0.15, 0.2) is 0 Å². The van der Waals surface area contributed by atoms with Gasteiger partial charge in [-0.3, -0.25) is 4.90 Å². The number of rotatable bonds is 3. The molecule has 0 saturated carbocycles. The minimum Gasteiger partial charge on any atom is -0.324 e. The summed E-state index contributed by atoms with van der Waals surface area (Å²) in [6.07, 6.45) is -0.0458. The van der Waals surface area contributed by atoms with E-state index in [2.05, 4.69) is 4.90 Å². The molecule has 1 aliphatic heterocycles. The Kier molecular flexibility index (Phi) is 3.97. The first kappa shape index (κ1) is 13.4. The highest BCUT2D eigenvalue weighted by Gasteiger charge is 2.33. The van der Waals surface area contributed by atoms with E-state index in [1.165, 1.54) is 0 Å². The quantitative estimate of drug-likeness (QED) is 0.898. The Morgan fingerprint density at radius 2 is 1.78 bits per heavy atom. The molecule has 0 aromatic heterocycles. The molecule has 1 unspecified atom stereocenters. The Bertz CT molecular complexity index is 377. The lowest BCUT2D eigenvalue weighted by Gasteiger charge is -2.31. The van der Waals surface area contributed by atoms with Gasteiger partial charge in [-0.2, -0.15) is 0 Å². The van der Waals surface area contributed by atoms with Gasteiger partial charge in [0.1, 0.15) is 0 Å². The van der Waals surface area contributed by atoms with Gasteiger partial charge in [0.05, 0.1) is 0 Å². The van der Waals surface area contributed by atoms with Crippen LogP contribution < -0.4 is 5.73 Å². The van der Waals surface area contributed by atoms with Crippen LogP contribution in [-0.2, 0) is 6.54 Å². The Hall–Kier alpha value is -1.00. The van der Waals surface area contributed by atoms with Crippen LogP contribution in [0.25, 0.3) is 0 Å². The van der Waals surface area contributed by atoms with Crippen LogP contribution in [0, 0.1) is 0 Å². The lowest BCUT2D eigenvalue weighted by Crippen LogP contribution is -2.38. The van der Waals surface area contributed by atoms with Crippen LogP contribution in [0.3, 0.4) is 0 Å². The predicted octanol–water partition coefficient (Wildman–Crippen LogP) is 2.94. The predicted molar refractivity (Wildman–Crippen MR) is 68.5 cm³/mol. The van der Waals surface area contributed by atoms with E-state index in [1.54, 1.807) is 0 Å². The number of halogens is 2. The van der Waals surface area contributed by atoms with E-state index in [9.17, 15) is 8.78 Å². The van der Waals surface area contributed by atoms with Crippen molar-refractivity contribution >= 4 is 0 Å². The minimum absolute atomic E-state index is 0.0229. The number of benzene rings is 1. The molecular weight excluding hydrogens is 234 g/mol. The van der Waals surface area contributed by atoms with E-state index < -0.39 is 5.92 Å². The minimum atomic E-state index is -2.46. The summed E-state index contributed by atoms with van der Waals surface area (Å²) in [4.78, 5) is 2.08. The molecule has 1 fully saturated rings. The molecule has 1 aromatic rings. The third-order valence-corrected chi connectivity index (χ3v) is 3.50. The van der Waals surface area contributed by atoms with Gasteiger partial charge in [-0.25, -0.2) is 8.78 Å². The number of nitrogens with zero attached hydrogens (tertiary/aromatic N) is 1. The smallest absolute Gasteiger partial charge is 0.250 e. The van der Waals surface area contributed by atoms with Crippen LogP contribution in [0.15, 0.2) is 24.3 Å². The van der Waals surface area contributed by atoms with E-state index in [0.717, 1.165) is 17.7 Å². The van der Waals surface area contributed by atoms with Gasteiger partial charge in [-0.15, -0.1) is 0 Å². The van der Waals surface area contributed by atoms with Gasteiger partial charge in [-0.1, -0.05) is 24.3 Å². The molecule has 1 aliphatic rings. The second-order valence-corrected chi connectivity index (χ2v) is 5.16. The van der Waals surface area contributed by atoms with Gasteiger partial charge < -0.3 is 5.73 Å². The summed E-state index contributed by atoms with van der Waals surface area (Å²) in [6, 6.07) is 8.13. The summed E-state index contributed by atoms with van der Waals surface area (Å²) in [5.41, 5.74) is 8.04. The van der Waals surface area contributed by atoms with Gasteiger partial charge in [0.2, 0.25) is 0 Å². The Morgan fingerprint density at radius 3 is 2.28 bits per heavy atom. The molecule has 0 bridgehead atoms. The third kappa shape index (κ3) is 3.50. The van der Waals surface area contributed by atoms with Crippen molar-refractivity contribution in [3.05, 3.63) is 35.4 Å². The molecular formula is C14H20F2N2. The van der Waals surface area contributed by atoms with Crippen LogP contribution in [0.4, 0.5) is 8.78 Å². The van der Waals surface area contributed by atoms with Crippen LogP contribution in [0.1, 0.15) is 36.9 Å². The Morgan fingerprint density at radius 1 is 1.22 bits per heavy atom. The molecule has 100 valence electrons. The molecule has 4 heteroatoms. The molecule has 1 heterocycles. The maximum absolute atomic E-state index is 13.0. The van der Waals surface area contributed by atoms with E-state index in [1.807, 2.05) is 31.2 Å². The maximum atomic E-state index is 13.0. The summed E-state index contributed by atoms with van der Waals surface area (Å²) >= 11 is 0. The third-order valence-electron chi connectivity index (χ3n) is 3.50. The summed E-state index contributed by atoms with van der Waals surface area (Å²) in [7, 11) is 0. The molecule has 1 atom stereocenters. The van der Waals surface area contributed by atoms with Gasteiger partial charge in [0, 0.05) is 38.5 Å². The van der Waals surface area contributed by atoms with E-state index in [0.29, 0.717) is 13.1 Å². The summed E-state index contributed by atoms with van der Waals surface area (Å²) < 4.78 is 26.0. The maximum Gasteiger partial charge on any atom is 0.250 e. The summed E-state index contributed by atoms with van der Waals surface area (Å²) in [6.45, 7) is 3.64. The standard InChI is InChI=1S/C14H20F2N2/c1-11(17)13-4-2-12(3-5-13)10-18-8-6-14(15,16)7-9-18/h2-5,11H,6-10,17H2,1H3. The van der Waals surface area contributed by atoms with E-state index in [4.69, 9.17) is 5.73 Å². The number of piperidine rings is 1. The number of hydrogen-bond donors (Lipinski definition) is 1. The first-order chi connectivity index (χ1) is 8.46. The van der Waals surface area contributed by atoms with E-state index >= 15 is 0 Å². The summed E-state index contributed by atoms with van der Waals surface area (Å²) in [5, 5.41) is 0. The van der Waals surface area contributed by atoms with Crippen molar-refractivity contribution < 1.29 is 8.78 Å². The fourth-order valence-corrected chi connectivity index (χ4v) is 2.22. The molecule has 0 spiro atoms. The van der Waals surface area contributed by atoms with Gasteiger partial charge >= 0.3 is 0 Å². The number of alkyl halides is 2. The van der Waals surface area contributed by atoms with Crippen LogP contribution >= 0.6 is 0 Å². The lowest BCUT2D eigenvalue weighted by atomic mass is 10.0. The topological polar surface area (TPSA) is 29.3 Å². The zero-order valence-corrected chi connectivity index (χ0v) is 10.7. The van der Waals surface area contributed by atoms with Gasteiger partial charge in [0.25, 0.3) is 5.92 Å². The second kappa shape index (κ2) is 5.33. The molecule has 2 N–H and O–H groups in total. The van der Waals surface area contributed by atoms with Crippen LogP contribution in [0.2, 0.25) is 0 Å². The highest BCUT2D eigenvalue weighted by Crippen LogP contribution is 2.28. The molecule has 0 amide bonds. The van der Waals surface area contributed by atoms with Crippen molar-refractivity contribution in [1.29, 1.82) is 0 Å². The Balaban J connectivity index is 1.90. The van der Waals surface area contributed by atoms with E-state index in [-0.39, 0.29) is 18.9 Å². The average Bonchev–Trinajstić information content (AvgIpc) is 2.33. The van der Waals surface area contributed by atoms with Crippen LogP contribution in [-0.4, -0.2) is 23.9 Å². The van der Waals surface area contributed by atoms with Crippen molar-refractivity contribution in [3.63, 3.8) is 0 Å². The van der Waals surface area contributed by atoms with Crippen molar-refractivity contribution in [2.45, 2.75) is 38.3 Å². The van der Waals surface area contributed by atoms with Crippen molar-refractivity contribution in [2.75, 3.05) is 13.1 Å². The fraction of sp³-hybridized carbons (Fsp3) is 0.571. The monoisotopic (exact) mass is 254 g/mol. The summed E-state index contributed by atoms with van der Waals surface area (Å²) in [5.74, 6) is -2.46. The molecule has 18 heavy (non-hydrogen) atoms. The van der Waals surface area contributed by atoms with Gasteiger partial charge in [-0.05, 0) is 18.1 Å². The van der Waals surface area contributed by atoms with Crippen molar-refractivity contribution in [1.82, 2.24) is 4.90 Å². The molecule has 0 radical (unpaired) electrons. The number of nitrogens with two attached hydrogens (primary N) is 1. The SMILES string of the molecule is CC(N)c1ccc(CN2CCC(F)(F)CC2)cc1. The van der Waals surface area contributed by atoms with Crippen molar-refractivity contribution in [2.24, 2.45) is 5.73 Å². The highest BCUT2D eigenvalue weighted by atomic mass is 19.3. The second-order valence-electron chi connectivity index (χ2n) is 5.16. The molecule has 1 saturated heterocycles.